The molecule has 0 spiro atoms. The summed E-state index contributed by atoms with van der Waals surface area (Å²) in [6.45, 7) is 3.77. The van der Waals surface area contributed by atoms with E-state index >= 15 is 0 Å². The molecule has 0 atom stereocenters. The molecular weight excluding hydrogens is 249 g/mol. The predicted octanol–water partition coefficient (Wildman–Crippen LogP) is -1.12. The van der Waals surface area contributed by atoms with E-state index in [1.165, 1.54) is 13.0 Å². The molecule has 1 N–H and O–H groups in total. The van der Waals surface area contributed by atoms with E-state index in [4.69, 9.17) is 9.47 Å². The fourth-order valence-electron chi connectivity index (χ4n) is 1.56. The van der Waals surface area contributed by atoms with Crippen molar-refractivity contribution in [1.29, 1.82) is 0 Å². The Kier molecular flexibility index (Phi) is 5.80. The minimum absolute atomic E-state index is 0. The van der Waals surface area contributed by atoms with Crippen LogP contribution >= 0.6 is 0 Å². The van der Waals surface area contributed by atoms with Gasteiger partial charge in [0, 0.05) is 26.1 Å². The Balaban J connectivity index is 0.00000162. The first kappa shape index (κ1) is 15.2. The fourth-order valence-corrected chi connectivity index (χ4v) is 1.56. The van der Waals surface area contributed by atoms with Gasteiger partial charge in [-0.05, 0) is 0 Å². The topological polar surface area (TPSA) is 84.5 Å². The van der Waals surface area contributed by atoms with Crippen molar-refractivity contribution in [1.82, 2.24) is 9.97 Å². The van der Waals surface area contributed by atoms with Gasteiger partial charge < -0.3 is 14.4 Å². The van der Waals surface area contributed by atoms with Gasteiger partial charge >= 0.3 is 41.5 Å². The van der Waals surface area contributed by atoms with Gasteiger partial charge in [0.25, 0.3) is 5.56 Å². The van der Waals surface area contributed by atoms with E-state index in [2.05, 4.69) is 9.97 Å². The number of carbonyl (C=O) groups is 1. The van der Waals surface area contributed by atoms with Gasteiger partial charge in [-0.15, -0.1) is 0 Å². The van der Waals surface area contributed by atoms with E-state index < -0.39 is 5.97 Å². The molecular formula is C10H14N3NaO4. The van der Waals surface area contributed by atoms with Crippen LogP contribution in [0.25, 0.3) is 0 Å². The molecule has 0 amide bonds. The monoisotopic (exact) mass is 263 g/mol. The zero-order valence-electron chi connectivity index (χ0n) is 9.43. The first-order valence-corrected chi connectivity index (χ1v) is 5.27. The Bertz CT molecular complexity index is 470. The quantitative estimate of drug-likeness (QED) is 0.537. The first-order chi connectivity index (χ1) is 8.15. The van der Waals surface area contributed by atoms with Crippen LogP contribution in [0.5, 0.6) is 6.01 Å². The molecule has 1 aliphatic heterocycles. The van der Waals surface area contributed by atoms with Crippen molar-refractivity contribution in [3.8, 4) is 6.01 Å². The normalized spacial score (nSPS) is 14.8. The molecule has 8 heteroatoms. The summed E-state index contributed by atoms with van der Waals surface area (Å²) in [5.74, 6) is -0.0272. The van der Waals surface area contributed by atoms with Crippen LogP contribution in [0.4, 0.5) is 5.82 Å². The number of morpholine rings is 1. The number of rotatable bonds is 2. The zero-order valence-corrected chi connectivity index (χ0v) is 9.43. The molecule has 0 radical (unpaired) electrons. The van der Waals surface area contributed by atoms with Crippen molar-refractivity contribution >= 4 is 41.3 Å². The predicted molar refractivity (Wildman–Crippen MR) is 66.3 cm³/mol. The second-order valence-corrected chi connectivity index (χ2v) is 3.60. The van der Waals surface area contributed by atoms with Gasteiger partial charge in [-0.3, -0.25) is 14.6 Å². The van der Waals surface area contributed by atoms with Crippen molar-refractivity contribution in [3.63, 3.8) is 0 Å². The molecule has 0 aromatic carbocycles. The van der Waals surface area contributed by atoms with Crippen LogP contribution in [0.1, 0.15) is 6.92 Å². The van der Waals surface area contributed by atoms with Crippen molar-refractivity contribution in [2.75, 3.05) is 31.2 Å². The standard InChI is InChI=1S/C10H13N3O4.Na.H/c1-7(14)17-10-11-8(6-9(15)12-10)13-2-4-16-5-3-13;;/h6H,2-5H2,1H3,(H,11,12,15);;. The molecule has 1 aromatic rings. The number of anilines is 1. The average Bonchev–Trinajstić information content (AvgIpc) is 2.28. The van der Waals surface area contributed by atoms with Gasteiger partial charge in [-0.2, -0.15) is 4.98 Å². The molecule has 0 saturated carbocycles. The third kappa shape index (κ3) is 4.09. The summed E-state index contributed by atoms with van der Waals surface area (Å²) in [6, 6.07) is 1.30. The Morgan fingerprint density at radius 3 is 2.78 bits per heavy atom. The first-order valence-electron chi connectivity index (χ1n) is 5.27. The van der Waals surface area contributed by atoms with E-state index in [0.29, 0.717) is 32.1 Å². The second kappa shape index (κ2) is 6.89. The van der Waals surface area contributed by atoms with Crippen molar-refractivity contribution in [2.45, 2.75) is 6.92 Å². The van der Waals surface area contributed by atoms with E-state index in [1.54, 1.807) is 0 Å². The van der Waals surface area contributed by atoms with Crippen LogP contribution < -0.4 is 15.2 Å². The molecule has 1 fully saturated rings. The number of ether oxygens (including phenoxy) is 2. The van der Waals surface area contributed by atoms with E-state index in [1.807, 2.05) is 4.90 Å². The Labute approximate surface area is 126 Å². The number of H-pyrrole nitrogens is 1. The Hall–Kier alpha value is -0.890. The third-order valence-electron chi connectivity index (χ3n) is 2.28. The fraction of sp³-hybridized carbons (Fsp3) is 0.500. The summed E-state index contributed by atoms with van der Waals surface area (Å²) in [7, 11) is 0. The summed E-state index contributed by atoms with van der Waals surface area (Å²) in [4.78, 5) is 30.5. The van der Waals surface area contributed by atoms with Crippen molar-refractivity contribution in [2.24, 2.45) is 0 Å². The summed E-state index contributed by atoms with van der Waals surface area (Å²) in [5.41, 5.74) is -0.349. The van der Waals surface area contributed by atoms with E-state index in [0.717, 1.165) is 0 Å². The van der Waals surface area contributed by atoms with Crippen LogP contribution in [0.2, 0.25) is 0 Å². The number of aromatic amines is 1. The van der Waals surface area contributed by atoms with Gasteiger partial charge in [0.1, 0.15) is 5.82 Å². The number of hydrogen-bond donors (Lipinski definition) is 1. The molecule has 1 aliphatic rings. The number of nitrogens with zero attached hydrogens (tertiary/aromatic N) is 2. The zero-order chi connectivity index (χ0) is 12.3. The molecule has 0 aliphatic carbocycles. The molecule has 2 rings (SSSR count). The van der Waals surface area contributed by atoms with Crippen LogP contribution in [0.15, 0.2) is 10.9 Å². The molecule has 94 valence electrons. The summed E-state index contributed by atoms with van der Waals surface area (Å²) >= 11 is 0. The molecule has 7 nitrogen and oxygen atoms in total. The number of aromatic nitrogens is 2. The molecule has 1 aromatic heterocycles. The third-order valence-corrected chi connectivity index (χ3v) is 2.28. The SMILES string of the molecule is CC(=O)Oc1nc(N2CCOCC2)cc(=O)[nH]1.[NaH]. The molecule has 0 unspecified atom stereocenters. The van der Waals surface area contributed by atoms with Gasteiger partial charge in [0.15, 0.2) is 0 Å². The van der Waals surface area contributed by atoms with Crippen molar-refractivity contribution < 1.29 is 14.3 Å². The Morgan fingerprint density at radius 1 is 1.50 bits per heavy atom. The number of esters is 1. The Morgan fingerprint density at radius 2 is 2.17 bits per heavy atom. The summed E-state index contributed by atoms with van der Waals surface area (Å²) in [6.07, 6.45) is 0. The van der Waals surface area contributed by atoms with Gasteiger partial charge in [0.05, 0.1) is 13.2 Å². The van der Waals surface area contributed by atoms with E-state index in [9.17, 15) is 9.59 Å². The number of nitrogens with one attached hydrogen (secondary N) is 1. The summed E-state index contributed by atoms with van der Waals surface area (Å²) < 4.78 is 9.97. The number of carbonyl (C=O) groups excluding carboxylic acids is 1. The van der Waals surface area contributed by atoms with Crippen molar-refractivity contribution in [3.05, 3.63) is 16.4 Å². The van der Waals surface area contributed by atoms with Crippen LogP contribution in [-0.2, 0) is 9.53 Å². The average molecular weight is 263 g/mol. The minimum atomic E-state index is -0.521. The second-order valence-electron chi connectivity index (χ2n) is 3.60. The van der Waals surface area contributed by atoms with Crippen LogP contribution in [0, 0.1) is 0 Å². The molecule has 1 saturated heterocycles. The number of hydrogen-bond acceptors (Lipinski definition) is 6. The maximum absolute atomic E-state index is 11.4. The molecule has 2 heterocycles. The summed E-state index contributed by atoms with van der Waals surface area (Å²) in [5, 5.41) is 0. The van der Waals surface area contributed by atoms with Gasteiger partial charge in [-0.25, -0.2) is 0 Å². The molecule has 18 heavy (non-hydrogen) atoms. The van der Waals surface area contributed by atoms with Gasteiger partial charge in [-0.1, -0.05) is 0 Å². The van der Waals surface area contributed by atoms with Crippen LogP contribution in [0.3, 0.4) is 0 Å². The molecule has 0 bridgehead atoms. The maximum atomic E-state index is 11.4. The van der Waals surface area contributed by atoms with E-state index in [-0.39, 0.29) is 41.1 Å². The van der Waals surface area contributed by atoms with Gasteiger partial charge in [0.2, 0.25) is 0 Å². The van der Waals surface area contributed by atoms with Crippen LogP contribution in [-0.4, -0.2) is 71.8 Å².